The van der Waals surface area contributed by atoms with Crippen LogP contribution in [0.2, 0.25) is 0 Å². The Bertz CT molecular complexity index is 772. The van der Waals surface area contributed by atoms with Crippen LogP contribution in [0.3, 0.4) is 0 Å². The van der Waals surface area contributed by atoms with Crippen LogP contribution in [0.5, 0.6) is 0 Å². The van der Waals surface area contributed by atoms with E-state index >= 15 is 0 Å². The molecule has 22 heavy (non-hydrogen) atoms. The molecule has 1 unspecified atom stereocenters. The number of aromatic nitrogens is 1. The van der Waals surface area contributed by atoms with Crippen LogP contribution in [0.25, 0.3) is 0 Å². The highest BCUT2D eigenvalue weighted by Crippen LogP contribution is 2.18. The Labute approximate surface area is 129 Å². The normalized spacial score (nSPS) is 12.9. The SMILES string of the molecule is Cc1noc(C)c1C(=O)NC(C)c1ccc(S(C)(=O)=O)cc1. The molecule has 1 atom stereocenters. The van der Waals surface area contributed by atoms with Gasteiger partial charge in [-0.15, -0.1) is 0 Å². The van der Waals surface area contributed by atoms with E-state index in [1.54, 1.807) is 26.0 Å². The molecule has 118 valence electrons. The van der Waals surface area contributed by atoms with E-state index in [1.165, 1.54) is 12.1 Å². The van der Waals surface area contributed by atoms with Crippen molar-refractivity contribution in [3.63, 3.8) is 0 Å². The zero-order valence-corrected chi connectivity index (χ0v) is 13.7. The molecule has 1 amide bonds. The molecule has 0 aliphatic carbocycles. The predicted octanol–water partition coefficient (Wildman–Crippen LogP) is 2.19. The zero-order valence-electron chi connectivity index (χ0n) is 12.9. The molecule has 2 rings (SSSR count). The van der Waals surface area contributed by atoms with Crippen molar-refractivity contribution >= 4 is 15.7 Å². The summed E-state index contributed by atoms with van der Waals surface area (Å²) in [6.07, 6.45) is 1.16. The summed E-state index contributed by atoms with van der Waals surface area (Å²) in [6, 6.07) is 6.17. The molecule has 0 saturated heterocycles. The van der Waals surface area contributed by atoms with Crippen molar-refractivity contribution in [2.24, 2.45) is 0 Å². The van der Waals surface area contributed by atoms with E-state index in [9.17, 15) is 13.2 Å². The molecule has 0 aliphatic heterocycles. The van der Waals surface area contributed by atoms with Gasteiger partial charge in [-0.25, -0.2) is 8.42 Å². The summed E-state index contributed by atoms with van der Waals surface area (Å²) < 4.78 is 27.8. The molecular weight excluding hydrogens is 304 g/mol. The second-order valence-electron chi connectivity index (χ2n) is 5.24. The number of nitrogens with one attached hydrogen (secondary N) is 1. The highest BCUT2D eigenvalue weighted by molar-refractivity contribution is 7.90. The minimum atomic E-state index is -3.22. The van der Waals surface area contributed by atoms with Crippen molar-refractivity contribution in [3.8, 4) is 0 Å². The lowest BCUT2D eigenvalue weighted by molar-refractivity contribution is 0.0938. The minimum absolute atomic E-state index is 0.250. The van der Waals surface area contributed by atoms with E-state index in [0.717, 1.165) is 11.8 Å². The molecular formula is C15H18N2O4S. The number of carbonyl (C=O) groups excluding carboxylic acids is 1. The summed E-state index contributed by atoms with van der Waals surface area (Å²) in [6.45, 7) is 5.21. The van der Waals surface area contributed by atoms with Gasteiger partial charge in [0.15, 0.2) is 9.84 Å². The van der Waals surface area contributed by atoms with E-state index in [4.69, 9.17) is 4.52 Å². The van der Waals surface area contributed by atoms with Crippen LogP contribution in [0.4, 0.5) is 0 Å². The predicted molar refractivity (Wildman–Crippen MR) is 81.4 cm³/mol. The van der Waals surface area contributed by atoms with Crippen molar-refractivity contribution in [1.29, 1.82) is 0 Å². The number of benzene rings is 1. The molecule has 1 aromatic heterocycles. The summed E-state index contributed by atoms with van der Waals surface area (Å²) in [5, 5.41) is 6.60. The highest BCUT2D eigenvalue weighted by atomic mass is 32.2. The van der Waals surface area contributed by atoms with Gasteiger partial charge in [0.1, 0.15) is 11.3 Å². The lowest BCUT2D eigenvalue weighted by atomic mass is 10.1. The first-order valence-corrected chi connectivity index (χ1v) is 8.63. The average Bonchev–Trinajstić information content (AvgIpc) is 2.77. The van der Waals surface area contributed by atoms with Gasteiger partial charge in [-0.3, -0.25) is 4.79 Å². The number of rotatable bonds is 4. The van der Waals surface area contributed by atoms with Crippen molar-refractivity contribution in [2.45, 2.75) is 31.7 Å². The Morgan fingerprint density at radius 2 is 1.82 bits per heavy atom. The second kappa shape index (κ2) is 5.92. The third-order valence-electron chi connectivity index (χ3n) is 3.42. The number of amides is 1. The van der Waals surface area contributed by atoms with Crippen molar-refractivity contribution in [3.05, 3.63) is 46.8 Å². The Morgan fingerprint density at radius 3 is 2.27 bits per heavy atom. The van der Waals surface area contributed by atoms with Crippen LogP contribution in [0.15, 0.2) is 33.7 Å². The fourth-order valence-electron chi connectivity index (χ4n) is 2.16. The average molecular weight is 322 g/mol. The topological polar surface area (TPSA) is 89.3 Å². The zero-order chi connectivity index (χ0) is 16.5. The van der Waals surface area contributed by atoms with Gasteiger partial charge in [0.2, 0.25) is 0 Å². The number of hydrogen-bond acceptors (Lipinski definition) is 5. The third-order valence-corrected chi connectivity index (χ3v) is 4.54. The molecule has 1 N–H and O–H groups in total. The van der Waals surface area contributed by atoms with Crippen molar-refractivity contribution in [2.75, 3.05) is 6.26 Å². The van der Waals surface area contributed by atoms with E-state index in [2.05, 4.69) is 10.5 Å². The van der Waals surface area contributed by atoms with Crippen LogP contribution in [0, 0.1) is 13.8 Å². The molecule has 0 radical (unpaired) electrons. The minimum Gasteiger partial charge on any atom is -0.361 e. The van der Waals surface area contributed by atoms with E-state index in [0.29, 0.717) is 17.0 Å². The lowest BCUT2D eigenvalue weighted by Gasteiger charge is -2.14. The summed E-state index contributed by atoms with van der Waals surface area (Å²) in [4.78, 5) is 12.5. The monoisotopic (exact) mass is 322 g/mol. The first kappa shape index (κ1) is 16.2. The lowest BCUT2D eigenvalue weighted by Crippen LogP contribution is -2.27. The molecule has 0 aliphatic rings. The maximum atomic E-state index is 12.3. The van der Waals surface area contributed by atoms with Gasteiger partial charge in [-0.1, -0.05) is 17.3 Å². The Hall–Kier alpha value is -2.15. The van der Waals surface area contributed by atoms with Crippen LogP contribution in [-0.4, -0.2) is 25.7 Å². The highest BCUT2D eigenvalue weighted by Gasteiger charge is 2.19. The van der Waals surface area contributed by atoms with Crippen LogP contribution in [0.1, 0.15) is 40.3 Å². The van der Waals surface area contributed by atoms with E-state index < -0.39 is 9.84 Å². The molecule has 0 fully saturated rings. The number of hydrogen-bond donors (Lipinski definition) is 1. The fourth-order valence-corrected chi connectivity index (χ4v) is 2.79. The number of sulfone groups is 1. The van der Waals surface area contributed by atoms with Gasteiger partial charge >= 0.3 is 0 Å². The van der Waals surface area contributed by atoms with Gasteiger partial charge in [-0.05, 0) is 38.5 Å². The molecule has 0 bridgehead atoms. The molecule has 0 saturated carbocycles. The standard InChI is InChI=1S/C15H18N2O4S/c1-9(12-5-7-13(8-6-12)22(4,19)20)16-15(18)14-10(2)17-21-11(14)3/h5-9H,1-4H3,(H,16,18). The second-order valence-corrected chi connectivity index (χ2v) is 7.25. The molecule has 1 aromatic carbocycles. The Kier molecular flexibility index (Phi) is 4.37. The first-order chi connectivity index (χ1) is 10.2. The maximum Gasteiger partial charge on any atom is 0.257 e. The van der Waals surface area contributed by atoms with E-state index in [-0.39, 0.29) is 16.8 Å². The molecule has 1 heterocycles. The van der Waals surface area contributed by atoms with Crippen LogP contribution >= 0.6 is 0 Å². The van der Waals surface area contributed by atoms with Gasteiger partial charge < -0.3 is 9.84 Å². The summed E-state index contributed by atoms with van der Waals surface area (Å²) in [5.74, 6) is 0.200. The summed E-state index contributed by atoms with van der Waals surface area (Å²) in [5.41, 5.74) is 1.78. The molecule has 7 heteroatoms. The van der Waals surface area contributed by atoms with Crippen LogP contribution < -0.4 is 5.32 Å². The number of nitrogens with zero attached hydrogens (tertiary/aromatic N) is 1. The van der Waals surface area contributed by atoms with E-state index in [1.807, 2.05) is 6.92 Å². The summed E-state index contributed by atoms with van der Waals surface area (Å²) >= 11 is 0. The largest absolute Gasteiger partial charge is 0.361 e. The maximum absolute atomic E-state index is 12.3. The number of aryl methyl sites for hydroxylation is 2. The van der Waals surface area contributed by atoms with Gasteiger partial charge in [0, 0.05) is 6.26 Å². The van der Waals surface area contributed by atoms with Crippen molar-refractivity contribution in [1.82, 2.24) is 10.5 Å². The van der Waals surface area contributed by atoms with Crippen LogP contribution in [-0.2, 0) is 9.84 Å². The molecule has 2 aromatic rings. The molecule has 0 spiro atoms. The number of carbonyl (C=O) groups is 1. The molecule has 6 nitrogen and oxygen atoms in total. The summed E-state index contributed by atoms with van der Waals surface area (Å²) in [7, 11) is -3.22. The Morgan fingerprint density at radius 1 is 1.23 bits per heavy atom. The van der Waals surface area contributed by atoms with Gasteiger partial charge in [0.05, 0.1) is 16.6 Å². The quantitative estimate of drug-likeness (QED) is 0.932. The van der Waals surface area contributed by atoms with Gasteiger partial charge in [0.25, 0.3) is 5.91 Å². The van der Waals surface area contributed by atoms with Crippen molar-refractivity contribution < 1.29 is 17.7 Å². The Balaban J connectivity index is 2.16. The van der Waals surface area contributed by atoms with Gasteiger partial charge in [-0.2, -0.15) is 0 Å². The fraction of sp³-hybridized carbons (Fsp3) is 0.333. The smallest absolute Gasteiger partial charge is 0.257 e. The third kappa shape index (κ3) is 3.36. The first-order valence-electron chi connectivity index (χ1n) is 6.74.